The van der Waals surface area contributed by atoms with Crippen LogP contribution in [0.1, 0.15) is 49.7 Å². The van der Waals surface area contributed by atoms with Gasteiger partial charge in [0.2, 0.25) is 15.9 Å². The van der Waals surface area contributed by atoms with E-state index >= 15 is 0 Å². The molecular formula is C27H33N5O8S. The van der Waals surface area contributed by atoms with E-state index in [4.69, 9.17) is 14.2 Å². The molecule has 1 atom stereocenters. The zero-order valence-electron chi connectivity index (χ0n) is 23.5. The molecule has 2 N–H and O–H groups in total. The summed E-state index contributed by atoms with van der Waals surface area (Å²) in [7, 11) is -2.74. The average molecular weight is 588 g/mol. The van der Waals surface area contributed by atoms with Crippen LogP contribution >= 0.6 is 0 Å². The van der Waals surface area contributed by atoms with Crippen LogP contribution in [0, 0.1) is 17.0 Å². The van der Waals surface area contributed by atoms with Gasteiger partial charge in [-0.2, -0.15) is 9.78 Å². The van der Waals surface area contributed by atoms with Gasteiger partial charge >= 0.3 is 0 Å². The highest BCUT2D eigenvalue weighted by molar-refractivity contribution is 7.89. The molecule has 3 aromatic rings. The highest BCUT2D eigenvalue weighted by Crippen LogP contribution is 2.36. The maximum absolute atomic E-state index is 13.3. The fourth-order valence-electron chi connectivity index (χ4n) is 4.28. The first-order valence-corrected chi connectivity index (χ1v) is 14.4. The van der Waals surface area contributed by atoms with Crippen molar-refractivity contribution in [1.82, 2.24) is 19.8 Å². The topological polar surface area (TPSA) is 164 Å². The number of methoxy groups -OCH3 is 1. The predicted molar refractivity (Wildman–Crippen MR) is 149 cm³/mol. The van der Waals surface area contributed by atoms with Crippen LogP contribution in [0.2, 0.25) is 0 Å². The number of nitro groups is 1. The number of nitrogens with one attached hydrogen (secondary N) is 2. The van der Waals surface area contributed by atoms with Crippen LogP contribution in [0.3, 0.4) is 0 Å². The molecule has 0 unspecified atom stereocenters. The minimum absolute atomic E-state index is 0.0542. The Labute approximate surface area is 238 Å². The molecule has 1 aliphatic heterocycles. The third-order valence-electron chi connectivity index (χ3n) is 6.19. The Morgan fingerprint density at radius 3 is 2.51 bits per heavy atom. The number of carbonyl (C=O) groups excluding carboxylic acids is 1. The number of benzene rings is 2. The number of ether oxygens (including phenoxy) is 3. The van der Waals surface area contributed by atoms with Crippen molar-refractivity contribution in [1.29, 1.82) is 0 Å². The first-order chi connectivity index (χ1) is 19.3. The summed E-state index contributed by atoms with van der Waals surface area (Å²) in [6.45, 7) is 7.52. The molecule has 220 valence electrons. The molecule has 1 saturated heterocycles. The van der Waals surface area contributed by atoms with Gasteiger partial charge in [0.25, 0.3) is 11.6 Å². The molecule has 13 nitrogen and oxygen atoms in total. The molecule has 0 bridgehead atoms. The fraction of sp³-hybridized carbons (Fsp3) is 0.407. The summed E-state index contributed by atoms with van der Waals surface area (Å²) in [6, 6.07) is 10.1. The molecular weight excluding hydrogens is 554 g/mol. The summed E-state index contributed by atoms with van der Waals surface area (Å²) >= 11 is 0. The standard InChI is InChI=1S/C27H33N5O8S/c1-17-24(25(33)28-16-21-7-6-14-39-21)29-31(18-8-11-20(38-5)12-9-18)26(17)40-22-13-10-19(32(34)35)15-23(22)41(36,37)30-27(2,3)4/h8-13,15,21,30H,6-7,14,16H2,1-5H3,(H,28,33)/t21-/m0/s1. The van der Waals surface area contributed by atoms with Gasteiger partial charge in [0.1, 0.15) is 16.4 Å². The van der Waals surface area contributed by atoms with E-state index in [-0.39, 0.29) is 23.4 Å². The minimum Gasteiger partial charge on any atom is -0.497 e. The summed E-state index contributed by atoms with van der Waals surface area (Å²) < 4.78 is 47.5. The Balaban J connectivity index is 1.80. The third-order valence-corrected chi connectivity index (χ3v) is 7.97. The molecule has 14 heteroatoms. The Bertz CT molecular complexity index is 1540. The van der Waals surface area contributed by atoms with E-state index in [1.165, 1.54) is 17.9 Å². The van der Waals surface area contributed by atoms with Crippen LogP contribution in [-0.2, 0) is 14.8 Å². The Morgan fingerprint density at radius 1 is 1.22 bits per heavy atom. The molecule has 41 heavy (non-hydrogen) atoms. The number of sulfonamides is 1. The van der Waals surface area contributed by atoms with Crippen molar-refractivity contribution in [3.8, 4) is 23.1 Å². The summed E-state index contributed by atoms with van der Waals surface area (Å²) in [5.41, 5.74) is -0.415. The summed E-state index contributed by atoms with van der Waals surface area (Å²) in [4.78, 5) is 23.5. The second-order valence-corrected chi connectivity index (χ2v) is 12.2. The smallest absolute Gasteiger partial charge is 0.272 e. The molecule has 1 aromatic heterocycles. The molecule has 1 fully saturated rings. The maximum atomic E-state index is 13.3. The number of hydrogen-bond acceptors (Lipinski definition) is 9. The van der Waals surface area contributed by atoms with Crippen molar-refractivity contribution in [2.75, 3.05) is 20.3 Å². The molecule has 4 rings (SSSR count). The van der Waals surface area contributed by atoms with Gasteiger partial charge in [0, 0.05) is 36.4 Å². The lowest BCUT2D eigenvalue weighted by atomic mass is 10.1. The van der Waals surface area contributed by atoms with Gasteiger partial charge in [-0.1, -0.05) is 0 Å². The monoisotopic (exact) mass is 587 g/mol. The van der Waals surface area contributed by atoms with Gasteiger partial charge < -0.3 is 19.5 Å². The molecule has 0 spiro atoms. The van der Waals surface area contributed by atoms with E-state index < -0.39 is 37.0 Å². The van der Waals surface area contributed by atoms with Crippen LogP contribution in [-0.4, -0.2) is 60.9 Å². The van der Waals surface area contributed by atoms with Gasteiger partial charge in [0.15, 0.2) is 5.69 Å². The number of carbonyl (C=O) groups is 1. The van der Waals surface area contributed by atoms with Gasteiger partial charge in [-0.05, 0) is 70.9 Å². The second-order valence-electron chi connectivity index (χ2n) is 10.6. The summed E-state index contributed by atoms with van der Waals surface area (Å²) in [5, 5.41) is 18.8. The normalized spacial score (nSPS) is 15.5. The van der Waals surface area contributed by atoms with Gasteiger partial charge in [0.05, 0.1) is 23.8 Å². The minimum atomic E-state index is -4.27. The van der Waals surface area contributed by atoms with Crippen molar-refractivity contribution in [2.24, 2.45) is 0 Å². The molecule has 0 aliphatic carbocycles. The highest BCUT2D eigenvalue weighted by Gasteiger charge is 2.30. The molecule has 0 saturated carbocycles. The van der Waals surface area contributed by atoms with Crippen molar-refractivity contribution in [2.45, 2.75) is 57.1 Å². The van der Waals surface area contributed by atoms with E-state index in [1.54, 1.807) is 52.0 Å². The highest BCUT2D eigenvalue weighted by atomic mass is 32.2. The van der Waals surface area contributed by atoms with E-state index in [0.717, 1.165) is 25.0 Å². The summed E-state index contributed by atoms with van der Waals surface area (Å²) in [6.07, 6.45) is 1.68. The molecule has 2 heterocycles. The Hall–Kier alpha value is -4.01. The lowest BCUT2D eigenvalue weighted by molar-refractivity contribution is -0.385. The van der Waals surface area contributed by atoms with Crippen molar-refractivity contribution in [3.63, 3.8) is 0 Å². The number of non-ortho nitro benzene ring substituents is 1. The molecule has 1 amide bonds. The number of rotatable bonds is 10. The van der Waals surface area contributed by atoms with Crippen LogP contribution in [0.4, 0.5) is 5.69 Å². The Morgan fingerprint density at radius 2 is 1.93 bits per heavy atom. The lowest BCUT2D eigenvalue weighted by Crippen LogP contribution is -2.40. The van der Waals surface area contributed by atoms with Crippen LogP contribution in [0.5, 0.6) is 17.4 Å². The van der Waals surface area contributed by atoms with E-state index in [9.17, 15) is 23.3 Å². The van der Waals surface area contributed by atoms with Gasteiger partial charge in [-0.3, -0.25) is 14.9 Å². The van der Waals surface area contributed by atoms with Crippen LogP contribution in [0.15, 0.2) is 47.4 Å². The van der Waals surface area contributed by atoms with E-state index in [1.807, 2.05) is 0 Å². The quantitative estimate of drug-likeness (QED) is 0.265. The first kappa shape index (κ1) is 30.0. The predicted octanol–water partition coefficient (Wildman–Crippen LogP) is 3.88. The van der Waals surface area contributed by atoms with Crippen molar-refractivity contribution >= 4 is 21.6 Å². The van der Waals surface area contributed by atoms with Gasteiger partial charge in [-0.15, -0.1) is 0 Å². The fourth-order valence-corrected chi connectivity index (χ4v) is 5.84. The maximum Gasteiger partial charge on any atom is 0.272 e. The largest absolute Gasteiger partial charge is 0.497 e. The Kier molecular flexibility index (Phi) is 8.66. The molecule has 1 aliphatic rings. The molecule has 2 aromatic carbocycles. The lowest BCUT2D eigenvalue weighted by Gasteiger charge is -2.21. The van der Waals surface area contributed by atoms with Crippen molar-refractivity contribution < 1.29 is 32.3 Å². The van der Waals surface area contributed by atoms with Crippen molar-refractivity contribution in [3.05, 3.63) is 63.8 Å². The first-order valence-electron chi connectivity index (χ1n) is 12.9. The van der Waals surface area contributed by atoms with Crippen LogP contribution in [0.25, 0.3) is 5.69 Å². The second kappa shape index (κ2) is 11.8. The SMILES string of the molecule is COc1ccc(-n2nc(C(=O)NC[C@@H]3CCCO3)c(C)c2Oc2ccc([N+](=O)[O-])cc2S(=O)(=O)NC(C)(C)C)cc1. The van der Waals surface area contributed by atoms with Crippen LogP contribution < -0.4 is 19.5 Å². The number of amides is 1. The number of hydrogen-bond donors (Lipinski definition) is 2. The third kappa shape index (κ3) is 7.01. The summed E-state index contributed by atoms with van der Waals surface area (Å²) in [5.74, 6) is 0.00241. The van der Waals surface area contributed by atoms with E-state index in [2.05, 4.69) is 15.1 Å². The average Bonchev–Trinajstić information content (AvgIpc) is 3.54. The number of aromatic nitrogens is 2. The zero-order chi connectivity index (χ0) is 29.9. The van der Waals surface area contributed by atoms with Gasteiger partial charge in [-0.25, -0.2) is 13.1 Å². The molecule has 0 radical (unpaired) electrons. The number of nitrogens with zero attached hydrogens (tertiary/aromatic N) is 3. The van der Waals surface area contributed by atoms with E-state index in [0.29, 0.717) is 30.2 Å². The number of nitro benzene ring substituents is 1. The zero-order valence-corrected chi connectivity index (χ0v) is 24.3.